The lowest BCUT2D eigenvalue weighted by molar-refractivity contribution is 0.670. The van der Waals surface area contributed by atoms with Gasteiger partial charge in [-0.05, 0) is 95.5 Å². The zero-order chi connectivity index (χ0) is 53.2. The Hall–Kier alpha value is -6.44. The first-order valence-electron chi connectivity index (χ1n) is 26.9. The van der Waals surface area contributed by atoms with E-state index < -0.39 is 167 Å². The van der Waals surface area contributed by atoms with Crippen molar-refractivity contribution >= 4 is 54.3 Å². The highest BCUT2D eigenvalue weighted by molar-refractivity contribution is 6.21. The molecule has 0 aliphatic rings. The second-order valence-electron chi connectivity index (χ2n) is 11.0. The van der Waals surface area contributed by atoms with Crippen molar-refractivity contribution in [3.8, 4) is 44.5 Å². The largest absolute Gasteiger partial charge is 0.455 e. The summed E-state index contributed by atoms with van der Waals surface area (Å²) in [6, 6.07) is -7.73. The van der Waals surface area contributed by atoms with E-state index in [-0.39, 0.29) is 65.7 Å². The molecule has 1 aromatic heterocycles. The summed E-state index contributed by atoms with van der Waals surface area (Å²) in [7, 11) is 0. The van der Waals surface area contributed by atoms with E-state index in [2.05, 4.69) is 0 Å². The van der Waals surface area contributed by atoms with Gasteiger partial charge in [0.05, 0.1) is 32.9 Å². The van der Waals surface area contributed by atoms with Crippen molar-refractivity contribution in [2.24, 2.45) is 0 Å². The van der Waals surface area contributed by atoms with E-state index in [4.69, 9.17) is 30.5 Å². The van der Waals surface area contributed by atoms with Gasteiger partial charge in [0.1, 0.15) is 11.2 Å². The highest BCUT2D eigenvalue weighted by Crippen LogP contribution is 2.44. The Kier molecular flexibility index (Phi) is 2.91. The summed E-state index contributed by atoms with van der Waals surface area (Å²) in [5, 5.41) is -0.946. The third-order valence-electron chi connectivity index (χ3n) is 8.35. The van der Waals surface area contributed by atoms with Gasteiger partial charge in [0.2, 0.25) is 0 Å². The average molecular weight is 647 g/mol. The van der Waals surface area contributed by atoms with E-state index in [1.165, 1.54) is 12.1 Å². The molecule has 0 spiro atoms. The Morgan fingerprint density at radius 1 is 0.367 bits per heavy atom. The Balaban J connectivity index is 1.26. The predicted octanol–water partition coefficient (Wildman–Crippen LogP) is 13.7. The van der Waals surface area contributed by atoms with Crippen LogP contribution in [0.25, 0.3) is 98.8 Å². The van der Waals surface area contributed by atoms with E-state index in [1.54, 1.807) is 24.3 Å². The molecule has 0 aliphatic heterocycles. The minimum absolute atomic E-state index is 0.0694. The zero-order valence-electron chi connectivity index (χ0n) is 48.9. The molecule has 10 rings (SSSR count). The summed E-state index contributed by atoms with van der Waals surface area (Å²) in [4.78, 5) is 0. The minimum Gasteiger partial charge on any atom is -0.455 e. The van der Waals surface area contributed by atoms with Crippen molar-refractivity contribution in [3.05, 3.63) is 181 Å². The summed E-state index contributed by atoms with van der Waals surface area (Å²) < 4.78 is 217. The summed E-state index contributed by atoms with van der Waals surface area (Å²) in [6.45, 7) is 0. The Bertz CT molecular complexity index is 4120. The maximum atomic E-state index is 9.28. The molecule has 0 bridgehead atoms. The van der Waals surface area contributed by atoms with Crippen LogP contribution >= 0.6 is 0 Å². The minimum atomic E-state index is -0.796. The number of hydrogen-bond donors (Lipinski definition) is 0. The van der Waals surface area contributed by atoms with Crippen molar-refractivity contribution < 1.29 is 37.3 Å². The van der Waals surface area contributed by atoms with Gasteiger partial charge in [-0.15, -0.1) is 0 Å². The molecule has 1 heterocycles. The molecule has 0 atom stereocenters. The van der Waals surface area contributed by atoms with Gasteiger partial charge in [0.25, 0.3) is 0 Å². The van der Waals surface area contributed by atoms with Crippen LogP contribution in [0.3, 0.4) is 0 Å². The summed E-state index contributed by atoms with van der Waals surface area (Å²) in [6.07, 6.45) is 0. The van der Waals surface area contributed by atoms with Gasteiger partial charge in [-0.3, -0.25) is 0 Å². The molecular weight excluding hydrogens is 593 g/mol. The van der Waals surface area contributed by atoms with Crippen molar-refractivity contribution in [2.75, 3.05) is 0 Å². The first-order valence-corrected chi connectivity index (χ1v) is 14.9. The molecule has 0 saturated heterocycles. The number of furan rings is 1. The van der Waals surface area contributed by atoms with Crippen molar-refractivity contribution in [2.45, 2.75) is 0 Å². The second kappa shape index (κ2) is 11.1. The molecular formula is C48H30O. The summed E-state index contributed by atoms with van der Waals surface area (Å²) in [5.41, 5.74) is -2.40. The van der Waals surface area contributed by atoms with Crippen LogP contribution in [0, 0.1) is 0 Å². The molecule has 0 N–H and O–H groups in total. The molecule has 0 fully saturated rings. The van der Waals surface area contributed by atoms with E-state index in [0.717, 1.165) is 0 Å². The monoisotopic (exact) mass is 646 g/mol. The van der Waals surface area contributed by atoms with E-state index in [9.17, 15) is 6.85 Å². The van der Waals surface area contributed by atoms with Crippen molar-refractivity contribution in [1.82, 2.24) is 0 Å². The highest BCUT2D eigenvalue weighted by Gasteiger charge is 2.17. The van der Waals surface area contributed by atoms with Crippen LogP contribution in [-0.2, 0) is 0 Å². The van der Waals surface area contributed by atoms with Gasteiger partial charge < -0.3 is 4.42 Å². The Labute approximate surface area is 318 Å². The standard InChI is InChI=1S/C48H30O/c1-3-12-31(13-4-1)35-26-27-45-44(30-35)43-21-11-20-38(48(43)49-45)36-24-22-34-29-37(25-23-33(34)28-36)47-41-18-9-7-16-39(41)46(32-14-5-2-6-15-32)40-17-8-10-19-42(40)47/h1-30H/i1D,2D,3D,4D,5D,6D,7D,8D,9D,10D,11D,12D,13D,14D,15D,16D,17D,18D,19D,20D,21D,26D,27D,30D. The van der Waals surface area contributed by atoms with Crippen LogP contribution in [0.4, 0.5) is 0 Å². The first-order chi connectivity index (χ1) is 34.3. The summed E-state index contributed by atoms with van der Waals surface area (Å²) in [5.74, 6) is 0. The maximum absolute atomic E-state index is 9.28. The molecule has 49 heavy (non-hydrogen) atoms. The number of para-hydroxylation sites is 1. The van der Waals surface area contributed by atoms with Gasteiger partial charge in [-0.1, -0.05) is 157 Å². The molecule has 0 saturated carbocycles. The van der Waals surface area contributed by atoms with Crippen molar-refractivity contribution in [1.29, 1.82) is 0 Å². The topological polar surface area (TPSA) is 13.1 Å². The van der Waals surface area contributed by atoms with Gasteiger partial charge in [-0.25, -0.2) is 0 Å². The fourth-order valence-electron chi connectivity index (χ4n) is 6.22. The van der Waals surface area contributed by atoms with E-state index in [1.807, 2.05) is 0 Å². The van der Waals surface area contributed by atoms with Gasteiger partial charge >= 0.3 is 0 Å². The average Bonchev–Trinajstić information content (AvgIpc) is 3.78. The predicted molar refractivity (Wildman–Crippen MR) is 208 cm³/mol. The zero-order valence-corrected chi connectivity index (χ0v) is 24.9. The SMILES string of the molecule is [2H]c1c([2H])c([2H])c(-c2c([2H])c([2H])c3oc4c(-c5ccc6cc(-c7c8c([2H])c([2H])c([2H])c([2H])c8c(-c8c([2H])c([2H])c([2H])c([2H])c8[2H])c8c([2H])c([2H])c([2H])c([2H])c78)ccc6c5)c([2H])c([2H])c([2H])c4c3c2[2H])c([2H])c1[2H]. The smallest absolute Gasteiger partial charge is 0.143 e. The van der Waals surface area contributed by atoms with Crippen LogP contribution in [0.5, 0.6) is 0 Å². The molecule has 9 aromatic carbocycles. The molecule has 0 radical (unpaired) electrons. The normalized spacial score (nSPS) is 18.5. The fraction of sp³-hybridized carbons (Fsp3) is 0. The number of rotatable bonds is 4. The van der Waals surface area contributed by atoms with Crippen molar-refractivity contribution in [3.63, 3.8) is 0 Å². The third-order valence-corrected chi connectivity index (χ3v) is 8.35. The molecule has 0 amide bonds. The molecule has 0 aliphatic carbocycles. The molecule has 1 nitrogen and oxygen atoms in total. The van der Waals surface area contributed by atoms with Crippen LogP contribution in [0.1, 0.15) is 32.9 Å². The molecule has 1 heteroatoms. The van der Waals surface area contributed by atoms with E-state index >= 15 is 0 Å². The fourth-order valence-corrected chi connectivity index (χ4v) is 6.22. The second-order valence-corrected chi connectivity index (χ2v) is 11.0. The van der Waals surface area contributed by atoms with Crippen LogP contribution in [0.2, 0.25) is 0 Å². The number of fused-ring (bicyclic) bond motifs is 6. The van der Waals surface area contributed by atoms with Crippen LogP contribution < -0.4 is 0 Å². The third kappa shape index (κ3) is 4.47. The van der Waals surface area contributed by atoms with Crippen LogP contribution in [-0.4, -0.2) is 0 Å². The Morgan fingerprint density at radius 3 is 1.55 bits per heavy atom. The lowest BCUT2D eigenvalue weighted by Gasteiger charge is -2.18. The lowest BCUT2D eigenvalue weighted by Crippen LogP contribution is -1.90. The first kappa shape index (κ1) is 12.9. The van der Waals surface area contributed by atoms with Crippen LogP contribution in [0.15, 0.2) is 186 Å². The number of hydrogen-bond acceptors (Lipinski definition) is 1. The maximum Gasteiger partial charge on any atom is 0.143 e. The molecule has 10 aromatic rings. The van der Waals surface area contributed by atoms with Gasteiger partial charge in [-0.2, -0.15) is 0 Å². The highest BCUT2D eigenvalue weighted by atomic mass is 16.3. The van der Waals surface area contributed by atoms with E-state index in [0.29, 0.717) is 10.8 Å². The molecule has 228 valence electrons. The quantitative estimate of drug-likeness (QED) is 0.173. The number of benzene rings is 9. The molecule has 0 unspecified atom stereocenters. The van der Waals surface area contributed by atoms with Gasteiger partial charge in [0, 0.05) is 16.3 Å². The Morgan fingerprint density at radius 2 is 0.898 bits per heavy atom. The summed E-state index contributed by atoms with van der Waals surface area (Å²) >= 11 is 0. The lowest BCUT2D eigenvalue weighted by atomic mass is 9.85. The van der Waals surface area contributed by atoms with Gasteiger partial charge in [0.15, 0.2) is 0 Å².